The Morgan fingerprint density at radius 1 is 1.25 bits per heavy atom. The number of aromatic amines is 1. The highest BCUT2D eigenvalue weighted by atomic mass is 16.1. The van der Waals surface area contributed by atoms with E-state index in [4.69, 9.17) is 5.26 Å². The van der Waals surface area contributed by atoms with Crippen molar-refractivity contribution in [1.29, 1.82) is 5.26 Å². The van der Waals surface area contributed by atoms with Gasteiger partial charge in [-0.05, 0) is 43.7 Å². The van der Waals surface area contributed by atoms with Crippen molar-refractivity contribution in [2.75, 3.05) is 5.32 Å². The number of nitrogens with zero attached hydrogens (tertiary/aromatic N) is 5. The van der Waals surface area contributed by atoms with E-state index in [1.807, 2.05) is 32.2 Å². The molecule has 0 aliphatic rings. The molecular formula is C20H17N7O. The molecule has 1 amide bonds. The van der Waals surface area contributed by atoms with Crippen LogP contribution in [0.25, 0.3) is 22.2 Å². The first-order valence-electron chi connectivity index (χ1n) is 8.63. The van der Waals surface area contributed by atoms with Crippen molar-refractivity contribution in [2.45, 2.75) is 13.8 Å². The molecule has 0 radical (unpaired) electrons. The van der Waals surface area contributed by atoms with Crippen LogP contribution in [0.1, 0.15) is 27.3 Å². The third-order valence-electron chi connectivity index (χ3n) is 4.73. The molecule has 0 spiro atoms. The minimum atomic E-state index is -0.330. The average molecular weight is 371 g/mol. The number of carbonyl (C=O) groups is 1. The minimum absolute atomic E-state index is 0.287. The van der Waals surface area contributed by atoms with Crippen LogP contribution < -0.4 is 5.32 Å². The molecule has 0 bridgehead atoms. The molecule has 0 atom stereocenters. The van der Waals surface area contributed by atoms with E-state index in [0.29, 0.717) is 16.8 Å². The first kappa shape index (κ1) is 17.4. The lowest BCUT2D eigenvalue weighted by Crippen LogP contribution is -2.15. The fourth-order valence-electron chi connectivity index (χ4n) is 3.09. The Morgan fingerprint density at radius 2 is 2.07 bits per heavy atom. The second-order valence-electron chi connectivity index (χ2n) is 6.56. The van der Waals surface area contributed by atoms with Gasteiger partial charge >= 0.3 is 0 Å². The molecule has 3 heterocycles. The van der Waals surface area contributed by atoms with E-state index in [1.54, 1.807) is 29.9 Å². The highest BCUT2D eigenvalue weighted by Gasteiger charge is 2.16. The predicted molar refractivity (Wildman–Crippen MR) is 105 cm³/mol. The van der Waals surface area contributed by atoms with E-state index < -0.39 is 0 Å². The van der Waals surface area contributed by atoms with Gasteiger partial charge in [-0.2, -0.15) is 15.5 Å². The molecule has 0 fully saturated rings. The number of benzene rings is 1. The molecule has 0 unspecified atom stereocenters. The highest BCUT2D eigenvalue weighted by Crippen LogP contribution is 2.30. The number of hydrogen-bond donors (Lipinski definition) is 2. The lowest BCUT2D eigenvalue weighted by Gasteiger charge is -2.07. The number of amides is 1. The molecule has 3 aromatic heterocycles. The van der Waals surface area contributed by atoms with Gasteiger partial charge in [0.15, 0.2) is 0 Å². The van der Waals surface area contributed by atoms with Crippen LogP contribution in [0.4, 0.5) is 5.69 Å². The number of anilines is 1. The smallest absolute Gasteiger partial charge is 0.274 e. The zero-order chi connectivity index (χ0) is 19.8. The molecule has 1 aromatic carbocycles. The maximum Gasteiger partial charge on any atom is 0.274 e. The van der Waals surface area contributed by atoms with Crippen molar-refractivity contribution in [3.8, 4) is 17.3 Å². The Kier molecular flexibility index (Phi) is 4.12. The number of hydrogen-bond acceptors (Lipinski definition) is 5. The third-order valence-corrected chi connectivity index (χ3v) is 4.73. The Balaban J connectivity index is 1.68. The van der Waals surface area contributed by atoms with E-state index in [1.165, 1.54) is 6.20 Å². The van der Waals surface area contributed by atoms with Crippen LogP contribution in [0, 0.1) is 25.2 Å². The Bertz CT molecular complexity index is 1260. The van der Waals surface area contributed by atoms with E-state index >= 15 is 0 Å². The van der Waals surface area contributed by atoms with Crippen molar-refractivity contribution in [1.82, 2.24) is 25.0 Å². The van der Waals surface area contributed by atoms with E-state index in [2.05, 4.69) is 25.6 Å². The summed E-state index contributed by atoms with van der Waals surface area (Å²) < 4.78 is 1.79. The lowest BCUT2D eigenvalue weighted by atomic mass is 10.1. The van der Waals surface area contributed by atoms with Gasteiger partial charge in [0.25, 0.3) is 5.91 Å². The number of aromatic nitrogens is 5. The Labute approximate surface area is 160 Å². The van der Waals surface area contributed by atoms with Crippen molar-refractivity contribution >= 4 is 22.5 Å². The van der Waals surface area contributed by atoms with Crippen LogP contribution >= 0.6 is 0 Å². The molecule has 0 aliphatic heterocycles. The maximum absolute atomic E-state index is 12.6. The molecule has 2 N–H and O–H groups in total. The molecule has 0 aliphatic carbocycles. The van der Waals surface area contributed by atoms with Crippen molar-refractivity contribution in [3.05, 3.63) is 59.2 Å². The number of rotatable bonds is 3. The van der Waals surface area contributed by atoms with Gasteiger partial charge in [0, 0.05) is 35.6 Å². The van der Waals surface area contributed by atoms with Gasteiger partial charge in [-0.1, -0.05) is 0 Å². The molecular weight excluding hydrogens is 354 g/mol. The second kappa shape index (κ2) is 6.63. The molecule has 0 saturated carbocycles. The van der Waals surface area contributed by atoms with E-state index in [-0.39, 0.29) is 11.6 Å². The molecule has 0 saturated heterocycles. The summed E-state index contributed by atoms with van der Waals surface area (Å²) in [5.41, 5.74) is 5.57. The van der Waals surface area contributed by atoms with Gasteiger partial charge < -0.3 is 5.32 Å². The normalized spacial score (nSPS) is 10.8. The van der Waals surface area contributed by atoms with Crippen LogP contribution in [0.5, 0.6) is 0 Å². The summed E-state index contributed by atoms with van der Waals surface area (Å²) in [5, 5.41) is 24.4. The highest BCUT2D eigenvalue weighted by molar-refractivity contribution is 6.05. The summed E-state index contributed by atoms with van der Waals surface area (Å²) in [7, 11) is 1.88. The van der Waals surface area contributed by atoms with Crippen LogP contribution in [0.3, 0.4) is 0 Å². The average Bonchev–Trinajstić information content (AvgIpc) is 3.24. The number of carbonyl (C=O) groups excluding carboxylic acids is 1. The number of fused-ring (bicyclic) bond motifs is 1. The molecule has 28 heavy (non-hydrogen) atoms. The Hall–Kier alpha value is -3.99. The molecule has 8 nitrogen and oxygen atoms in total. The van der Waals surface area contributed by atoms with Gasteiger partial charge in [-0.25, -0.2) is 4.98 Å². The number of H-pyrrole nitrogens is 1. The summed E-state index contributed by atoms with van der Waals surface area (Å²) in [6.45, 7) is 3.74. The van der Waals surface area contributed by atoms with Gasteiger partial charge in [0.1, 0.15) is 17.5 Å². The van der Waals surface area contributed by atoms with Crippen molar-refractivity contribution in [2.24, 2.45) is 7.05 Å². The van der Waals surface area contributed by atoms with Crippen LogP contribution in [0.15, 0.2) is 36.7 Å². The fraction of sp³-hybridized carbons (Fsp3) is 0.150. The fourth-order valence-corrected chi connectivity index (χ4v) is 3.09. The summed E-state index contributed by atoms with van der Waals surface area (Å²) in [6, 6.07) is 9.20. The maximum atomic E-state index is 12.6. The van der Waals surface area contributed by atoms with Gasteiger partial charge in [-0.15, -0.1) is 0 Å². The largest absolute Gasteiger partial charge is 0.321 e. The number of nitrogens with one attached hydrogen (secondary N) is 2. The number of pyridine rings is 1. The number of nitriles is 1. The van der Waals surface area contributed by atoms with E-state index in [0.717, 1.165) is 27.9 Å². The van der Waals surface area contributed by atoms with Crippen LogP contribution in [-0.2, 0) is 7.05 Å². The molecule has 8 heteroatoms. The van der Waals surface area contributed by atoms with Gasteiger partial charge in [0.2, 0.25) is 0 Å². The quantitative estimate of drug-likeness (QED) is 0.575. The van der Waals surface area contributed by atoms with E-state index in [9.17, 15) is 4.79 Å². The molecule has 138 valence electrons. The SMILES string of the molecule is Cc1cc(C#N)cnc1C(=O)Nc1ccc2[nH]nc(-c3cnn(C)c3C)c2c1. The van der Waals surface area contributed by atoms with Crippen LogP contribution in [0.2, 0.25) is 0 Å². The summed E-state index contributed by atoms with van der Waals surface area (Å²) >= 11 is 0. The third kappa shape index (κ3) is 2.89. The lowest BCUT2D eigenvalue weighted by molar-refractivity contribution is 0.102. The zero-order valence-electron chi connectivity index (χ0n) is 15.6. The molecule has 4 aromatic rings. The van der Waals surface area contributed by atoms with Crippen molar-refractivity contribution < 1.29 is 4.79 Å². The monoisotopic (exact) mass is 371 g/mol. The first-order chi connectivity index (χ1) is 13.5. The minimum Gasteiger partial charge on any atom is -0.321 e. The summed E-state index contributed by atoms with van der Waals surface area (Å²) in [5.74, 6) is -0.330. The predicted octanol–water partition coefficient (Wildman–Crippen LogP) is 3.10. The summed E-state index contributed by atoms with van der Waals surface area (Å²) in [4.78, 5) is 16.7. The zero-order valence-corrected chi connectivity index (χ0v) is 15.6. The molecule has 4 rings (SSSR count). The van der Waals surface area contributed by atoms with Crippen LogP contribution in [-0.4, -0.2) is 30.9 Å². The summed E-state index contributed by atoms with van der Waals surface area (Å²) in [6.07, 6.45) is 3.17. The van der Waals surface area contributed by atoms with Gasteiger partial charge in [-0.3, -0.25) is 14.6 Å². The second-order valence-corrected chi connectivity index (χ2v) is 6.56. The topological polar surface area (TPSA) is 112 Å². The number of aryl methyl sites for hydroxylation is 2. The first-order valence-corrected chi connectivity index (χ1v) is 8.63. The Morgan fingerprint density at radius 3 is 2.75 bits per heavy atom. The standard InChI is InChI=1S/C20H17N7O/c1-11-6-13(8-21)9-22-18(11)20(28)24-14-4-5-17-15(7-14)19(26-25-17)16-10-23-27(3)12(16)2/h4-7,9-10H,1-3H3,(H,24,28)(H,25,26). The van der Waals surface area contributed by atoms with Crippen molar-refractivity contribution in [3.63, 3.8) is 0 Å². The van der Waals surface area contributed by atoms with Gasteiger partial charge in [0.05, 0.1) is 17.3 Å².